The topological polar surface area (TPSA) is 17.1 Å². The molecule has 0 spiro atoms. The molecule has 0 saturated carbocycles. The van der Waals surface area contributed by atoms with Crippen molar-refractivity contribution in [2.24, 2.45) is 0 Å². The second kappa shape index (κ2) is 4.55. The zero-order valence-corrected chi connectivity index (χ0v) is 7.41. The van der Waals surface area contributed by atoms with Crippen molar-refractivity contribution in [2.75, 3.05) is 0 Å². The first-order chi connectivity index (χ1) is 6.24. The van der Waals surface area contributed by atoms with Crippen molar-refractivity contribution in [3.63, 3.8) is 0 Å². The van der Waals surface area contributed by atoms with Crippen LogP contribution in [0.3, 0.4) is 0 Å². The van der Waals surface area contributed by atoms with Crippen LogP contribution < -0.4 is 0 Å². The fourth-order valence-corrected chi connectivity index (χ4v) is 1.09. The lowest BCUT2D eigenvalue weighted by molar-refractivity contribution is -0.104. The van der Waals surface area contributed by atoms with Gasteiger partial charge in [-0.1, -0.05) is 25.1 Å². The van der Waals surface area contributed by atoms with Crippen molar-refractivity contribution in [1.29, 1.82) is 0 Å². The molecule has 1 nitrogen and oxygen atoms in total. The minimum Gasteiger partial charge on any atom is -0.299 e. The van der Waals surface area contributed by atoms with E-state index >= 15 is 0 Å². The fraction of sp³-hybridized carbons (Fsp3) is 0.182. The minimum atomic E-state index is -0.240. The molecule has 13 heavy (non-hydrogen) atoms. The van der Waals surface area contributed by atoms with Gasteiger partial charge in [-0.3, -0.25) is 4.79 Å². The van der Waals surface area contributed by atoms with Crippen LogP contribution >= 0.6 is 0 Å². The smallest absolute Gasteiger partial charge is 0.142 e. The van der Waals surface area contributed by atoms with Crippen LogP contribution in [0.5, 0.6) is 0 Å². The Morgan fingerprint density at radius 3 is 2.46 bits per heavy atom. The van der Waals surface area contributed by atoms with Gasteiger partial charge in [-0.2, -0.15) is 0 Å². The highest BCUT2D eigenvalue weighted by Gasteiger charge is 2.00. The molecule has 1 rings (SSSR count). The van der Waals surface area contributed by atoms with Gasteiger partial charge in [0.1, 0.15) is 12.1 Å². The van der Waals surface area contributed by atoms with Gasteiger partial charge in [0.05, 0.1) is 0 Å². The van der Waals surface area contributed by atoms with Crippen molar-refractivity contribution in [1.82, 2.24) is 0 Å². The highest BCUT2D eigenvalue weighted by molar-refractivity contribution is 5.64. The minimum absolute atomic E-state index is 0.144. The molecular formula is C11H11FO. The predicted molar refractivity (Wildman–Crippen MR) is 50.0 cm³/mol. The van der Waals surface area contributed by atoms with Gasteiger partial charge >= 0.3 is 0 Å². The quantitative estimate of drug-likeness (QED) is 0.513. The fourth-order valence-electron chi connectivity index (χ4n) is 1.09. The first-order valence-electron chi connectivity index (χ1n) is 4.11. The molecule has 0 bridgehead atoms. The lowest BCUT2D eigenvalue weighted by Crippen LogP contribution is -1.88. The number of carbonyl (C=O) groups excluding carboxylic acids is 1. The Morgan fingerprint density at radius 1 is 1.31 bits per heavy atom. The molecule has 68 valence electrons. The SMILES string of the molecule is CC(/C=C/C=O)c1ccc(F)cc1. The van der Waals surface area contributed by atoms with Gasteiger partial charge < -0.3 is 0 Å². The van der Waals surface area contributed by atoms with Crippen molar-refractivity contribution in [2.45, 2.75) is 12.8 Å². The van der Waals surface area contributed by atoms with Gasteiger partial charge in [0.25, 0.3) is 0 Å². The van der Waals surface area contributed by atoms with Gasteiger partial charge in [0, 0.05) is 0 Å². The highest BCUT2D eigenvalue weighted by Crippen LogP contribution is 2.16. The van der Waals surface area contributed by atoms with Crippen LogP contribution in [0, 0.1) is 5.82 Å². The Kier molecular flexibility index (Phi) is 3.38. The van der Waals surface area contributed by atoms with Crippen molar-refractivity contribution in [3.8, 4) is 0 Å². The Labute approximate surface area is 76.9 Å². The summed E-state index contributed by atoms with van der Waals surface area (Å²) in [5, 5.41) is 0. The Balaban J connectivity index is 2.77. The summed E-state index contributed by atoms with van der Waals surface area (Å²) in [7, 11) is 0. The zero-order valence-electron chi connectivity index (χ0n) is 7.41. The van der Waals surface area contributed by atoms with Gasteiger partial charge in [0.2, 0.25) is 0 Å². The summed E-state index contributed by atoms with van der Waals surface area (Å²) in [6.07, 6.45) is 3.97. The van der Waals surface area contributed by atoms with Crippen LogP contribution in [-0.2, 0) is 4.79 Å². The van der Waals surface area contributed by atoms with E-state index in [2.05, 4.69) is 0 Å². The third-order valence-corrected chi connectivity index (χ3v) is 1.87. The third kappa shape index (κ3) is 2.82. The van der Waals surface area contributed by atoms with Crippen LogP contribution in [0.15, 0.2) is 36.4 Å². The number of benzene rings is 1. The number of hydrogen-bond acceptors (Lipinski definition) is 1. The molecule has 0 amide bonds. The molecule has 0 aliphatic heterocycles. The van der Waals surface area contributed by atoms with E-state index in [0.717, 1.165) is 11.8 Å². The van der Waals surface area contributed by atoms with Crippen molar-refractivity contribution < 1.29 is 9.18 Å². The number of carbonyl (C=O) groups is 1. The molecule has 1 aromatic rings. The second-order valence-electron chi connectivity index (χ2n) is 2.86. The summed E-state index contributed by atoms with van der Waals surface area (Å²) in [5.74, 6) is -0.0962. The monoisotopic (exact) mass is 178 g/mol. The van der Waals surface area contributed by atoms with E-state index in [1.165, 1.54) is 18.2 Å². The number of hydrogen-bond donors (Lipinski definition) is 0. The van der Waals surface area contributed by atoms with Crippen LogP contribution in [-0.4, -0.2) is 6.29 Å². The summed E-state index contributed by atoms with van der Waals surface area (Å²) in [4.78, 5) is 10.0. The molecule has 0 aliphatic carbocycles. The molecule has 0 fully saturated rings. The summed E-state index contributed by atoms with van der Waals surface area (Å²) in [5.41, 5.74) is 1.000. The van der Waals surface area contributed by atoms with Crippen LogP contribution in [0.1, 0.15) is 18.4 Å². The molecule has 2 heteroatoms. The molecule has 1 unspecified atom stereocenters. The summed E-state index contributed by atoms with van der Waals surface area (Å²) in [6, 6.07) is 6.27. The van der Waals surface area contributed by atoms with Gasteiger partial charge in [-0.25, -0.2) is 4.39 Å². The molecule has 1 atom stereocenters. The predicted octanol–water partition coefficient (Wildman–Crippen LogP) is 2.68. The molecule has 0 N–H and O–H groups in total. The van der Waals surface area contributed by atoms with Crippen LogP contribution in [0.2, 0.25) is 0 Å². The van der Waals surface area contributed by atoms with Crippen LogP contribution in [0.25, 0.3) is 0 Å². The first kappa shape index (κ1) is 9.65. The number of allylic oxidation sites excluding steroid dienone is 2. The number of rotatable bonds is 3. The van der Waals surface area contributed by atoms with E-state index in [0.29, 0.717) is 0 Å². The average molecular weight is 178 g/mol. The molecule has 0 aromatic heterocycles. The Hall–Kier alpha value is -1.44. The van der Waals surface area contributed by atoms with E-state index in [9.17, 15) is 9.18 Å². The van der Waals surface area contributed by atoms with Gasteiger partial charge in [-0.05, 0) is 29.7 Å². The molecular weight excluding hydrogens is 167 g/mol. The Morgan fingerprint density at radius 2 is 1.92 bits per heavy atom. The third-order valence-electron chi connectivity index (χ3n) is 1.87. The maximum Gasteiger partial charge on any atom is 0.142 e. The Bertz CT molecular complexity index is 300. The second-order valence-corrected chi connectivity index (χ2v) is 2.86. The molecule has 0 heterocycles. The molecule has 0 aliphatic rings. The van der Waals surface area contributed by atoms with Crippen molar-refractivity contribution >= 4 is 6.29 Å². The van der Waals surface area contributed by atoms with E-state index in [4.69, 9.17) is 0 Å². The number of aldehydes is 1. The maximum absolute atomic E-state index is 12.5. The highest BCUT2D eigenvalue weighted by atomic mass is 19.1. The van der Waals surface area contributed by atoms with E-state index in [1.54, 1.807) is 18.2 Å². The summed E-state index contributed by atoms with van der Waals surface area (Å²) in [6.45, 7) is 1.95. The molecule has 1 aromatic carbocycles. The van der Waals surface area contributed by atoms with E-state index in [-0.39, 0.29) is 11.7 Å². The number of halogens is 1. The normalized spacial score (nSPS) is 13.1. The standard InChI is InChI=1S/C11H11FO/c1-9(3-2-8-13)10-4-6-11(12)7-5-10/h2-9H,1H3/b3-2+. The average Bonchev–Trinajstić information content (AvgIpc) is 2.15. The molecule has 0 saturated heterocycles. The van der Waals surface area contributed by atoms with E-state index in [1.807, 2.05) is 6.92 Å². The summed E-state index contributed by atoms with van der Waals surface area (Å²) < 4.78 is 12.5. The lowest BCUT2D eigenvalue weighted by atomic mass is 10.0. The summed E-state index contributed by atoms with van der Waals surface area (Å²) >= 11 is 0. The lowest BCUT2D eigenvalue weighted by Gasteiger charge is -2.04. The van der Waals surface area contributed by atoms with Gasteiger partial charge in [-0.15, -0.1) is 0 Å². The molecule has 0 radical (unpaired) electrons. The van der Waals surface area contributed by atoms with E-state index < -0.39 is 0 Å². The van der Waals surface area contributed by atoms with Crippen LogP contribution in [0.4, 0.5) is 4.39 Å². The van der Waals surface area contributed by atoms with Crippen molar-refractivity contribution in [3.05, 3.63) is 47.8 Å². The largest absolute Gasteiger partial charge is 0.299 e. The first-order valence-corrected chi connectivity index (χ1v) is 4.11. The maximum atomic E-state index is 12.5. The zero-order chi connectivity index (χ0) is 9.68. The van der Waals surface area contributed by atoms with Gasteiger partial charge in [0.15, 0.2) is 0 Å².